The topological polar surface area (TPSA) is 80.4 Å². The summed E-state index contributed by atoms with van der Waals surface area (Å²) < 4.78 is 11.7. The van der Waals surface area contributed by atoms with Gasteiger partial charge in [-0.05, 0) is 79.3 Å². The Kier molecular flexibility index (Phi) is 6.42. The molecule has 2 aromatic carbocycles. The first-order valence-corrected chi connectivity index (χ1v) is 10.9. The fourth-order valence-electron chi connectivity index (χ4n) is 4.01. The number of H-pyrrole nitrogens is 1. The van der Waals surface area contributed by atoms with E-state index in [0.29, 0.717) is 0 Å². The van der Waals surface area contributed by atoms with Crippen LogP contribution in [-0.4, -0.2) is 23.8 Å². The van der Waals surface area contributed by atoms with E-state index in [2.05, 4.69) is 10.3 Å². The monoisotopic (exact) mass is 432 g/mol. The Morgan fingerprint density at radius 1 is 1.03 bits per heavy atom. The van der Waals surface area contributed by atoms with Gasteiger partial charge in [-0.25, -0.2) is 0 Å². The number of benzene rings is 2. The van der Waals surface area contributed by atoms with Gasteiger partial charge in [0.25, 0.3) is 0 Å². The molecule has 0 radical (unpaired) electrons. The van der Waals surface area contributed by atoms with Gasteiger partial charge in [0.1, 0.15) is 5.75 Å². The first-order valence-electron chi connectivity index (χ1n) is 10.9. The predicted molar refractivity (Wildman–Crippen MR) is 126 cm³/mol. The van der Waals surface area contributed by atoms with Crippen molar-refractivity contribution >= 4 is 11.6 Å². The fourth-order valence-corrected chi connectivity index (χ4v) is 4.01. The molecule has 1 aliphatic heterocycles. The molecule has 1 amide bonds. The van der Waals surface area contributed by atoms with Gasteiger partial charge in [0.15, 0.2) is 6.29 Å². The summed E-state index contributed by atoms with van der Waals surface area (Å²) in [6.07, 6.45) is 2.90. The molecule has 1 fully saturated rings. The third kappa shape index (κ3) is 5.08. The van der Waals surface area contributed by atoms with Crippen molar-refractivity contribution in [2.75, 3.05) is 11.9 Å². The minimum absolute atomic E-state index is 0.120. The highest BCUT2D eigenvalue weighted by Gasteiger charge is 2.16. The van der Waals surface area contributed by atoms with E-state index >= 15 is 0 Å². The molecule has 0 bridgehead atoms. The number of hydrogen-bond acceptors (Lipinski definition) is 4. The van der Waals surface area contributed by atoms with Crippen LogP contribution >= 0.6 is 0 Å². The third-order valence-electron chi connectivity index (χ3n) is 5.59. The van der Waals surface area contributed by atoms with Crippen LogP contribution in [0.15, 0.2) is 53.3 Å². The quantitative estimate of drug-likeness (QED) is 0.581. The van der Waals surface area contributed by atoms with Crippen LogP contribution in [-0.2, 0) is 9.53 Å². The van der Waals surface area contributed by atoms with Crippen molar-refractivity contribution in [2.45, 2.75) is 46.3 Å². The molecule has 2 heterocycles. The zero-order valence-corrected chi connectivity index (χ0v) is 18.7. The molecule has 1 aromatic heterocycles. The highest BCUT2D eigenvalue weighted by molar-refractivity contribution is 5.89. The van der Waals surface area contributed by atoms with Crippen molar-refractivity contribution < 1.29 is 14.3 Å². The van der Waals surface area contributed by atoms with Crippen LogP contribution in [0.4, 0.5) is 5.69 Å². The van der Waals surface area contributed by atoms with Crippen LogP contribution in [0.3, 0.4) is 0 Å². The zero-order chi connectivity index (χ0) is 22.7. The van der Waals surface area contributed by atoms with E-state index < -0.39 is 0 Å². The van der Waals surface area contributed by atoms with Crippen LogP contribution in [0.5, 0.6) is 5.75 Å². The molecule has 2 N–H and O–H groups in total. The van der Waals surface area contributed by atoms with Crippen LogP contribution in [0.2, 0.25) is 0 Å². The molecule has 6 heteroatoms. The largest absolute Gasteiger partial charge is 0.465 e. The number of ether oxygens (including phenoxy) is 2. The van der Waals surface area contributed by atoms with Crippen molar-refractivity contribution in [1.82, 2.24) is 4.98 Å². The maximum Gasteiger partial charge on any atom is 0.249 e. The summed E-state index contributed by atoms with van der Waals surface area (Å²) in [6.45, 7) is 6.17. The van der Waals surface area contributed by atoms with Crippen molar-refractivity contribution in [3.8, 4) is 28.1 Å². The van der Waals surface area contributed by atoms with Gasteiger partial charge in [-0.1, -0.05) is 12.1 Å². The van der Waals surface area contributed by atoms with Crippen LogP contribution in [0, 0.1) is 13.8 Å². The molecular weight excluding hydrogens is 404 g/mol. The van der Waals surface area contributed by atoms with Gasteiger partial charge in [0.05, 0.1) is 6.61 Å². The average molecular weight is 433 g/mol. The van der Waals surface area contributed by atoms with E-state index in [9.17, 15) is 9.59 Å². The molecule has 0 saturated carbocycles. The number of pyridine rings is 1. The van der Waals surface area contributed by atoms with Gasteiger partial charge >= 0.3 is 0 Å². The van der Waals surface area contributed by atoms with Gasteiger partial charge in [0, 0.05) is 36.4 Å². The van der Waals surface area contributed by atoms with Gasteiger partial charge in [-0.15, -0.1) is 0 Å². The molecule has 166 valence electrons. The number of nitrogens with one attached hydrogen (secondary N) is 2. The fraction of sp³-hybridized carbons (Fsp3) is 0.308. The Balaban J connectivity index is 1.62. The van der Waals surface area contributed by atoms with Crippen molar-refractivity contribution in [2.24, 2.45) is 0 Å². The molecule has 1 aliphatic rings. The van der Waals surface area contributed by atoms with Gasteiger partial charge in [0.2, 0.25) is 11.5 Å². The number of rotatable bonds is 5. The van der Waals surface area contributed by atoms with E-state index in [-0.39, 0.29) is 17.8 Å². The Morgan fingerprint density at radius 2 is 1.88 bits per heavy atom. The lowest BCUT2D eigenvalue weighted by atomic mass is 9.99. The summed E-state index contributed by atoms with van der Waals surface area (Å²) in [5.41, 5.74) is 5.92. The van der Waals surface area contributed by atoms with E-state index in [1.165, 1.54) is 6.92 Å². The number of carbonyl (C=O) groups is 1. The summed E-state index contributed by atoms with van der Waals surface area (Å²) in [7, 11) is 0. The number of aromatic nitrogens is 1. The predicted octanol–water partition coefficient (Wildman–Crippen LogP) is 5.19. The molecule has 1 unspecified atom stereocenters. The second-order valence-corrected chi connectivity index (χ2v) is 8.25. The van der Waals surface area contributed by atoms with Gasteiger partial charge < -0.3 is 19.8 Å². The van der Waals surface area contributed by atoms with Crippen molar-refractivity contribution in [1.29, 1.82) is 0 Å². The minimum Gasteiger partial charge on any atom is -0.465 e. The molecule has 6 nitrogen and oxygen atoms in total. The van der Waals surface area contributed by atoms with E-state index in [1.807, 2.05) is 56.3 Å². The lowest BCUT2D eigenvalue weighted by Crippen LogP contribution is -2.25. The molecule has 1 atom stereocenters. The SMILES string of the molecule is CC(=O)Nc1ccc(-c2cc(-c3ccc(OC4CCCCO4)c(C)c3)cc(=O)[nH]2)c(C)c1. The third-order valence-corrected chi connectivity index (χ3v) is 5.59. The zero-order valence-electron chi connectivity index (χ0n) is 18.7. The highest BCUT2D eigenvalue weighted by atomic mass is 16.7. The molecule has 3 aromatic rings. The number of aryl methyl sites for hydroxylation is 2. The van der Waals surface area contributed by atoms with E-state index in [4.69, 9.17) is 9.47 Å². The molecular formula is C26H28N2O4. The number of aromatic amines is 1. The highest BCUT2D eigenvalue weighted by Crippen LogP contribution is 2.31. The lowest BCUT2D eigenvalue weighted by molar-refractivity contribution is -0.114. The number of anilines is 1. The maximum absolute atomic E-state index is 12.4. The molecule has 4 rings (SSSR count). The first kappa shape index (κ1) is 21.8. The summed E-state index contributed by atoms with van der Waals surface area (Å²) in [4.78, 5) is 26.7. The Hall–Kier alpha value is -3.38. The van der Waals surface area contributed by atoms with Crippen molar-refractivity contribution in [3.63, 3.8) is 0 Å². The summed E-state index contributed by atoms with van der Waals surface area (Å²) >= 11 is 0. The number of amides is 1. The lowest BCUT2D eigenvalue weighted by Gasteiger charge is -2.24. The summed E-state index contributed by atoms with van der Waals surface area (Å²) in [5.74, 6) is 0.681. The Bertz CT molecular complexity index is 1190. The number of carbonyl (C=O) groups excluding carboxylic acids is 1. The van der Waals surface area contributed by atoms with Crippen molar-refractivity contribution in [3.05, 3.63) is 70.0 Å². The second kappa shape index (κ2) is 9.40. The molecule has 0 spiro atoms. The van der Waals surface area contributed by atoms with E-state index in [1.54, 1.807) is 6.07 Å². The molecule has 0 aliphatic carbocycles. The second-order valence-electron chi connectivity index (χ2n) is 8.25. The van der Waals surface area contributed by atoms with Gasteiger partial charge in [-0.3, -0.25) is 9.59 Å². The van der Waals surface area contributed by atoms with Crippen LogP contribution < -0.4 is 15.6 Å². The molecule has 1 saturated heterocycles. The normalized spacial score (nSPS) is 15.9. The van der Waals surface area contributed by atoms with E-state index in [0.717, 1.165) is 70.8 Å². The summed E-state index contributed by atoms with van der Waals surface area (Å²) in [5, 5.41) is 2.78. The van der Waals surface area contributed by atoms with Crippen LogP contribution in [0.1, 0.15) is 37.3 Å². The minimum atomic E-state index is -0.192. The Morgan fingerprint density at radius 3 is 2.56 bits per heavy atom. The maximum atomic E-state index is 12.4. The van der Waals surface area contributed by atoms with Crippen LogP contribution in [0.25, 0.3) is 22.4 Å². The first-order chi connectivity index (χ1) is 15.4. The standard InChI is InChI=1S/C26H28N2O4/c1-16-13-21(27-18(3)29)8-9-22(16)23-14-20(15-25(30)28-23)19-7-10-24(17(2)12-19)32-26-6-4-5-11-31-26/h7-10,12-15,26H,4-6,11H2,1-3H3,(H,27,29)(H,28,30). The number of hydrogen-bond donors (Lipinski definition) is 2. The molecule has 32 heavy (non-hydrogen) atoms. The summed E-state index contributed by atoms with van der Waals surface area (Å²) in [6, 6.07) is 15.1. The smallest absolute Gasteiger partial charge is 0.249 e. The van der Waals surface area contributed by atoms with Gasteiger partial charge in [-0.2, -0.15) is 0 Å². The average Bonchev–Trinajstić information content (AvgIpc) is 2.75. The Labute approximate surface area is 187 Å².